The van der Waals surface area contributed by atoms with E-state index in [1.807, 2.05) is 6.20 Å². The minimum atomic E-state index is 1.07. The summed E-state index contributed by atoms with van der Waals surface area (Å²) < 4.78 is 1.29. The van der Waals surface area contributed by atoms with Gasteiger partial charge in [0.15, 0.2) is 0 Å². The van der Waals surface area contributed by atoms with Crippen LogP contribution >= 0.6 is 11.3 Å². The minimum Gasteiger partial charge on any atom is -0.256 e. The van der Waals surface area contributed by atoms with Crippen LogP contribution in [0.1, 0.15) is 0 Å². The van der Waals surface area contributed by atoms with Gasteiger partial charge in [0, 0.05) is 21.8 Å². The van der Waals surface area contributed by atoms with Crippen molar-refractivity contribution >= 4 is 32.2 Å². The van der Waals surface area contributed by atoms with Gasteiger partial charge in [0.25, 0.3) is 0 Å². The lowest BCUT2D eigenvalue weighted by atomic mass is 10.0. The van der Waals surface area contributed by atoms with E-state index in [2.05, 4.69) is 65.0 Å². The summed E-state index contributed by atoms with van der Waals surface area (Å²) in [6.45, 7) is 0. The van der Waals surface area contributed by atoms with Crippen LogP contribution in [0.3, 0.4) is 0 Å². The Morgan fingerprint density at radius 1 is 0.842 bits per heavy atom. The highest BCUT2D eigenvalue weighted by atomic mass is 32.1. The van der Waals surface area contributed by atoms with E-state index < -0.39 is 0 Å². The highest BCUT2D eigenvalue weighted by Crippen LogP contribution is 2.31. The summed E-state index contributed by atoms with van der Waals surface area (Å²) in [6.07, 6.45) is 1.89. The molecule has 2 heteroatoms. The van der Waals surface area contributed by atoms with Gasteiger partial charge in [-0.3, -0.25) is 4.98 Å². The number of fused-ring (bicyclic) bond motifs is 2. The molecule has 0 unspecified atom stereocenters. The van der Waals surface area contributed by atoms with E-state index in [1.165, 1.54) is 26.4 Å². The van der Waals surface area contributed by atoms with Crippen LogP contribution in [0.5, 0.6) is 0 Å². The summed E-state index contributed by atoms with van der Waals surface area (Å²) in [6, 6.07) is 19.2. The first-order chi connectivity index (χ1) is 9.42. The van der Waals surface area contributed by atoms with E-state index in [-0.39, 0.29) is 0 Å². The summed E-state index contributed by atoms with van der Waals surface area (Å²) in [5.41, 5.74) is 2.26. The van der Waals surface area contributed by atoms with Crippen molar-refractivity contribution in [2.45, 2.75) is 0 Å². The van der Waals surface area contributed by atoms with E-state index in [1.54, 1.807) is 11.3 Å². The molecule has 2 heterocycles. The van der Waals surface area contributed by atoms with Crippen LogP contribution in [0.2, 0.25) is 0 Å². The maximum absolute atomic E-state index is 4.56. The second-order valence-electron chi connectivity index (χ2n) is 4.55. The molecule has 19 heavy (non-hydrogen) atoms. The first-order valence-corrected chi connectivity index (χ1v) is 7.11. The quantitative estimate of drug-likeness (QED) is 0.463. The van der Waals surface area contributed by atoms with Crippen molar-refractivity contribution < 1.29 is 0 Å². The van der Waals surface area contributed by atoms with Gasteiger partial charge >= 0.3 is 0 Å². The van der Waals surface area contributed by atoms with Gasteiger partial charge in [0.1, 0.15) is 0 Å². The van der Waals surface area contributed by atoms with E-state index in [0.717, 1.165) is 5.69 Å². The number of thiophene rings is 1. The predicted molar refractivity (Wildman–Crippen MR) is 82.6 cm³/mol. The van der Waals surface area contributed by atoms with E-state index >= 15 is 0 Å². The molecule has 0 amide bonds. The van der Waals surface area contributed by atoms with Gasteiger partial charge in [0.05, 0.1) is 5.69 Å². The van der Waals surface area contributed by atoms with Gasteiger partial charge in [-0.2, -0.15) is 0 Å². The normalized spacial score (nSPS) is 11.2. The highest BCUT2D eigenvalue weighted by Gasteiger charge is 2.06. The number of benzene rings is 2. The first-order valence-electron chi connectivity index (χ1n) is 6.23. The van der Waals surface area contributed by atoms with Gasteiger partial charge < -0.3 is 0 Å². The lowest BCUT2D eigenvalue weighted by Gasteiger charge is -2.04. The molecule has 0 aliphatic heterocycles. The van der Waals surface area contributed by atoms with Crippen LogP contribution in [0.15, 0.2) is 66.2 Å². The average molecular weight is 261 g/mol. The van der Waals surface area contributed by atoms with Gasteiger partial charge in [-0.15, -0.1) is 11.3 Å². The molecule has 0 saturated heterocycles. The van der Waals surface area contributed by atoms with Crippen LogP contribution in [-0.2, 0) is 0 Å². The third-order valence-electron chi connectivity index (χ3n) is 3.40. The lowest BCUT2D eigenvalue weighted by Crippen LogP contribution is -1.83. The van der Waals surface area contributed by atoms with Crippen LogP contribution in [0, 0.1) is 0 Å². The molecule has 2 aromatic carbocycles. The standard InChI is InChI=1S/C17H11NS/c1-2-4-13-11-14(6-5-12(13)3-1)17-15-8-10-19-16(15)7-9-18-17/h1-11H. The second-order valence-corrected chi connectivity index (χ2v) is 5.50. The van der Waals surface area contributed by atoms with E-state index in [4.69, 9.17) is 0 Å². The SMILES string of the molecule is c1ccc2cc(-c3nccc4sccc34)ccc2c1. The second kappa shape index (κ2) is 4.18. The van der Waals surface area contributed by atoms with Crippen LogP contribution < -0.4 is 0 Å². The fourth-order valence-corrected chi connectivity index (χ4v) is 3.24. The van der Waals surface area contributed by atoms with Crippen LogP contribution in [0.4, 0.5) is 0 Å². The van der Waals surface area contributed by atoms with Crippen LogP contribution in [-0.4, -0.2) is 4.98 Å². The zero-order valence-corrected chi connectivity index (χ0v) is 11.0. The molecule has 0 aliphatic rings. The number of aromatic nitrogens is 1. The Bertz CT molecular complexity index is 876. The van der Waals surface area contributed by atoms with E-state index in [0.29, 0.717) is 0 Å². The Hall–Kier alpha value is -2.19. The minimum absolute atomic E-state index is 1.07. The summed E-state index contributed by atoms with van der Waals surface area (Å²) in [5, 5.41) is 5.89. The maximum atomic E-state index is 4.56. The maximum Gasteiger partial charge on any atom is 0.0788 e. The molecule has 0 aliphatic carbocycles. The Balaban J connectivity index is 2.01. The third-order valence-corrected chi connectivity index (χ3v) is 4.28. The molecule has 4 aromatic rings. The third kappa shape index (κ3) is 1.72. The molecule has 0 fully saturated rings. The summed E-state index contributed by atoms with van der Waals surface area (Å²) in [4.78, 5) is 4.56. The predicted octanol–water partition coefficient (Wildman–Crippen LogP) is 5.12. The van der Waals surface area contributed by atoms with Gasteiger partial charge in [-0.1, -0.05) is 36.4 Å². The molecular formula is C17H11NS. The highest BCUT2D eigenvalue weighted by molar-refractivity contribution is 7.17. The average Bonchev–Trinajstić information content (AvgIpc) is 2.95. The summed E-state index contributed by atoms with van der Waals surface area (Å²) >= 11 is 1.76. The van der Waals surface area contributed by atoms with Gasteiger partial charge in [-0.05, 0) is 34.4 Å². The zero-order valence-electron chi connectivity index (χ0n) is 10.2. The Labute approximate surface area is 115 Å². The molecule has 90 valence electrons. The Kier molecular flexibility index (Phi) is 2.35. The monoisotopic (exact) mass is 261 g/mol. The van der Waals surface area contributed by atoms with E-state index in [9.17, 15) is 0 Å². The molecule has 0 radical (unpaired) electrons. The first kappa shape index (κ1) is 10.7. The van der Waals surface area contributed by atoms with Crippen molar-refractivity contribution in [1.82, 2.24) is 4.98 Å². The van der Waals surface area contributed by atoms with Gasteiger partial charge in [-0.25, -0.2) is 0 Å². The number of hydrogen-bond acceptors (Lipinski definition) is 2. The van der Waals surface area contributed by atoms with Crippen molar-refractivity contribution in [3.05, 3.63) is 66.2 Å². The number of pyridine rings is 1. The molecular weight excluding hydrogens is 250 g/mol. The molecule has 0 atom stereocenters. The molecule has 2 aromatic heterocycles. The van der Waals surface area contributed by atoms with Gasteiger partial charge in [0.2, 0.25) is 0 Å². The molecule has 1 nitrogen and oxygen atoms in total. The van der Waals surface area contributed by atoms with Crippen molar-refractivity contribution in [2.24, 2.45) is 0 Å². The van der Waals surface area contributed by atoms with Crippen molar-refractivity contribution in [2.75, 3.05) is 0 Å². The zero-order chi connectivity index (χ0) is 12.7. The topological polar surface area (TPSA) is 12.9 Å². The molecule has 0 bridgehead atoms. The number of nitrogens with zero attached hydrogens (tertiary/aromatic N) is 1. The fraction of sp³-hybridized carbons (Fsp3) is 0. The van der Waals surface area contributed by atoms with Crippen molar-refractivity contribution in [1.29, 1.82) is 0 Å². The molecule has 0 saturated carbocycles. The number of rotatable bonds is 1. The van der Waals surface area contributed by atoms with Crippen LogP contribution in [0.25, 0.3) is 32.1 Å². The molecule has 0 N–H and O–H groups in total. The summed E-state index contributed by atoms with van der Waals surface area (Å²) in [7, 11) is 0. The van der Waals surface area contributed by atoms with Crippen molar-refractivity contribution in [3.63, 3.8) is 0 Å². The molecule has 0 spiro atoms. The lowest BCUT2D eigenvalue weighted by molar-refractivity contribution is 1.37. The number of hydrogen-bond donors (Lipinski definition) is 0. The fourth-order valence-electron chi connectivity index (χ4n) is 2.46. The largest absolute Gasteiger partial charge is 0.256 e. The Morgan fingerprint density at radius 2 is 1.74 bits per heavy atom. The summed E-state index contributed by atoms with van der Waals surface area (Å²) in [5.74, 6) is 0. The Morgan fingerprint density at radius 3 is 2.68 bits per heavy atom. The van der Waals surface area contributed by atoms with Crippen molar-refractivity contribution in [3.8, 4) is 11.3 Å². The smallest absolute Gasteiger partial charge is 0.0788 e. The molecule has 4 rings (SSSR count).